The van der Waals surface area contributed by atoms with Crippen LogP contribution < -0.4 is 0 Å². The van der Waals surface area contributed by atoms with Crippen molar-refractivity contribution >= 4 is 5.78 Å². The second-order valence-electron chi connectivity index (χ2n) is 6.15. The molecule has 0 aromatic carbocycles. The molecular formula is C13H18O2. The van der Waals surface area contributed by atoms with E-state index in [1.807, 2.05) is 0 Å². The third-order valence-corrected chi connectivity index (χ3v) is 5.72. The third kappa shape index (κ3) is 0.748. The molecule has 4 atom stereocenters. The molecular weight excluding hydrogens is 188 g/mol. The van der Waals surface area contributed by atoms with Gasteiger partial charge >= 0.3 is 0 Å². The molecule has 2 heteroatoms. The van der Waals surface area contributed by atoms with Gasteiger partial charge in [-0.05, 0) is 44.4 Å². The molecule has 1 spiro atoms. The molecule has 4 rings (SSSR count). The first-order chi connectivity index (χ1) is 7.19. The molecule has 0 N–H and O–H groups in total. The topological polar surface area (TPSA) is 26.3 Å². The number of hydrogen-bond donors (Lipinski definition) is 0. The second-order valence-corrected chi connectivity index (χ2v) is 6.15. The molecule has 2 heterocycles. The summed E-state index contributed by atoms with van der Waals surface area (Å²) in [6, 6.07) is 0. The van der Waals surface area contributed by atoms with Crippen molar-refractivity contribution in [1.29, 1.82) is 0 Å². The standard InChI is InChI=1S/C13H18O2/c1-12-9-5-3-2-4-8(9)10(15-12)11(14)13(12)6-7-13/h8-10H,2-7H2,1H3/t8-,9+,10-,12+/m1/s1. The quantitative estimate of drug-likeness (QED) is 0.608. The molecule has 2 nitrogen and oxygen atoms in total. The number of rotatable bonds is 0. The molecule has 4 fully saturated rings. The SMILES string of the molecule is C[C@@]12O[C@@H](C(=O)C13CC3)[C@@H]1CCCC[C@@H]12. The van der Waals surface area contributed by atoms with Crippen LogP contribution in [0.5, 0.6) is 0 Å². The van der Waals surface area contributed by atoms with Crippen molar-refractivity contribution in [3.8, 4) is 0 Å². The zero-order valence-electron chi connectivity index (χ0n) is 9.29. The van der Waals surface area contributed by atoms with E-state index in [0.717, 1.165) is 12.8 Å². The van der Waals surface area contributed by atoms with E-state index >= 15 is 0 Å². The average Bonchev–Trinajstić information content (AvgIpc) is 2.96. The zero-order valence-corrected chi connectivity index (χ0v) is 9.29. The molecule has 15 heavy (non-hydrogen) atoms. The first-order valence-corrected chi connectivity index (χ1v) is 6.41. The highest BCUT2D eigenvalue weighted by molar-refractivity contribution is 5.96. The second kappa shape index (κ2) is 2.32. The van der Waals surface area contributed by atoms with Gasteiger partial charge < -0.3 is 4.74 Å². The van der Waals surface area contributed by atoms with E-state index in [-0.39, 0.29) is 17.1 Å². The molecule has 2 aliphatic carbocycles. The maximum Gasteiger partial charge on any atom is 0.170 e. The van der Waals surface area contributed by atoms with Crippen LogP contribution in [0.1, 0.15) is 45.4 Å². The van der Waals surface area contributed by atoms with Crippen LogP contribution in [0.4, 0.5) is 0 Å². The Morgan fingerprint density at radius 1 is 1.27 bits per heavy atom. The van der Waals surface area contributed by atoms with Crippen LogP contribution in [-0.4, -0.2) is 17.5 Å². The Labute approximate surface area is 90.4 Å². The van der Waals surface area contributed by atoms with E-state index in [2.05, 4.69) is 6.92 Å². The molecule has 2 saturated heterocycles. The molecule has 0 radical (unpaired) electrons. The highest BCUT2D eigenvalue weighted by atomic mass is 16.5. The van der Waals surface area contributed by atoms with Crippen LogP contribution >= 0.6 is 0 Å². The van der Waals surface area contributed by atoms with E-state index in [4.69, 9.17) is 4.74 Å². The summed E-state index contributed by atoms with van der Waals surface area (Å²) < 4.78 is 6.15. The van der Waals surface area contributed by atoms with Crippen molar-refractivity contribution in [2.45, 2.75) is 57.2 Å². The van der Waals surface area contributed by atoms with Crippen LogP contribution in [-0.2, 0) is 9.53 Å². The van der Waals surface area contributed by atoms with Crippen molar-refractivity contribution in [1.82, 2.24) is 0 Å². The van der Waals surface area contributed by atoms with Gasteiger partial charge in [0.1, 0.15) is 6.10 Å². The first-order valence-electron chi connectivity index (χ1n) is 6.41. The summed E-state index contributed by atoms with van der Waals surface area (Å²) in [5.74, 6) is 1.73. The molecule has 82 valence electrons. The maximum absolute atomic E-state index is 12.3. The van der Waals surface area contributed by atoms with E-state index in [1.54, 1.807) is 0 Å². The Morgan fingerprint density at radius 3 is 2.73 bits per heavy atom. The Bertz CT molecular complexity index is 344. The predicted octanol–water partition coefficient (Wildman–Crippen LogP) is 2.31. The fourth-order valence-corrected chi connectivity index (χ4v) is 4.74. The van der Waals surface area contributed by atoms with Crippen molar-refractivity contribution in [2.75, 3.05) is 0 Å². The Kier molecular flexibility index (Phi) is 1.35. The lowest BCUT2D eigenvalue weighted by Crippen LogP contribution is -2.49. The summed E-state index contributed by atoms with van der Waals surface area (Å²) in [5.41, 5.74) is -0.0873. The van der Waals surface area contributed by atoms with Crippen LogP contribution in [0.3, 0.4) is 0 Å². The van der Waals surface area contributed by atoms with Gasteiger partial charge in [-0.2, -0.15) is 0 Å². The number of fused-ring (bicyclic) bond motifs is 6. The van der Waals surface area contributed by atoms with E-state index in [9.17, 15) is 4.79 Å². The molecule has 2 aliphatic heterocycles. The summed E-state index contributed by atoms with van der Waals surface area (Å²) in [4.78, 5) is 12.3. The maximum atomic E-state index is 12.3. The highest BCUT2D eigenvalue weighted by Crippen LogP contribution is 2.71. The molecule has 0 unspecified atom stereocenters. The average molecular weight is 206 g/mol. The molecule has 0 aromatic rings. The zero-order chi connectivity index (χ0) is 10.3. The smallest absolute Gasteiger partial charge is 0.170 e. The minimum atomic E-state index is -0.0696. The van der Waals surface area contributed by atoms with Crippen molar-refractivity contribution < 1.29 is 9.53 Å². The Morgan fingerprint density at radius 2 is 2.00 bits per heavy atom. The van der Waals surface area contributed by atoms with Gasteiger partial charge in [0.2, 0.25) is 0 Å². The van der Waals surface area contributed by atoms with Gasteiger partial charge in [-0.25, -0.2) is 0 Å². The largest absolute Gasteiger partial charge is 0.363 e. The summed E-state index contributed by atoms with van der Waals surface area (Å²) >= 11 is 0. The van der Waals surface area contributed by atoms with Gasteiger partial charge in [0.05, 0.1) is 11.0 Å². The van der Waals surface area contributed by atoms with Crippen molar-refractivity contribution in [3.63, 3.8) is 0 Å². The molecule has 2 saturated carbocycles. The van der Waals surface area contributed by atoms with Gasteiger partial charge in [-0.1, -0.05) is 12.8 Å². The number of Topliss-reactive ketones (excluding diaryl/α,β-unsaturated/α-hetero) is 1. The number of ketones is 1. The fourth-order valence-electron chi connectivity index (χ4n) is 4.74. The highest BCUT2D eigenvalue weighted by Gasteiger charge is 2.77. The van der Waals surface area contributed by atoms with E-state index in [1.165, 1.54) is 25.7 Å². The first kappa shape index (κ1) is 8.74. The predicted molar refractivity (Wildman–Crippen MR) is 55.4 cm³/mol. The fraction of sp³-hybridized carbons (Fsp3) is 0.923. The van der Waals surface area contributed by atoms with Gasteiger partial charge in [0, 0.05) is 0 Å². The van der Waals surface area contributed by atoms with Gasteiger partial charge in [0.25, 0.3) is 0 Å². The minimum absolute atomic E-state index is 0.0113. The number of carbonyl (C=O) groups is 1. The molecule has 2 bridgehead atoms. The molecule has 0 aromatic heterocycles. The summed E-state index contributed by atoms with van der Waals surface area (Å²) in [7, 11) is 0. The van der Waals surface area contributed by atoms with Crippen molar-refractivity contribution in [3.05, 3.63) is 0 Å². The lowest BCUT2D eigenvalue weighted by atomic mass is 9.60. The molecule has 0 amide bonds. The van der Waals surface area contributed by atoms with Gasteiger partial charge in [0.15, 0.2) is 5.78 Å². The number of carbonyl (C=O) groups excluding carboxylic acids is 1. The van der Waals surface area contributed by atoms with E-state index in [0.29, 0.717) is 17.6 Å². The van der Waals surface area contributed by atoms with Gasteiger partial charge in [-0.15, -0.1) is 0 Å². The third-order valence-electron chi connectivity index (χ3n) is 5.72. The monoisotopic (exact) mass is 206 g/mol. The van der Waals surface area contributed by atoms with Crippen molar-refractivity contribution in [2.24, 2.45) is 17.3 Å². The Hall–Kier alpha value is -0.370. The van der Waals surface area contributed by atoms with Gasteiger partial charge in [-0.3, -0.25) is 4.79 Å². The van der Waals surface area contributed by atoms with Crippen LogP contribution in [0.2, 0.25) is 0 Å². The lowest BCUT2D eigenvalue weighted by Gasteiger charge is -2.41. The summed E-state index contributed by atoms with van der Waals surface area (Å²) in [6.07, 6.45) is 7.36. The minimum Gasteiger partial charge on any atom is -0.363 e. The lowest BCUT2D eigenvalue weighted by molar-refractivity contribution is -0.129. The van der Waals surface area contributed by atoms with E-state index < -0.39 is 0 Å². The number of hydrogen-bond acceptors (Lipinski definition) is 2. The number of ether oxygens (including phenoxy) is 1. The summed E-state index contributed by atoms with van der Waals surface area (Å²) in [6.45, 7) is 2.23. The normalized spacial score (nSPS) is 54.7. The Balaban J connectivity index is 1.81. The van der Waals surface area contributed by atoms with Crippen LogP contribution in [0.25, 0.3) is 0 Å². The summed E-state index contributed by atoms with van der Waals surface area (Å²) in [5, 5.41) is 0. The van der Waals surface area contributed by atoms with Crippen LogP contribution in [0.15, 0.2) is 0 Å². The van der Waals surface area contributed by atoms with Crippen LogP contribution in [0, 0.1) is 17.3 Å². The molecule has 4 aliphatic rings.